The number of hydrogen-bond acceptors (Lipinski definition) is 3. The summed E-state index contributed by atoms with van der Waals surface area (Å²) in [5.41, 5.74) is 3.06. The molecule has 3 N–H and O–H groups in total. The van der Waals surface area contributed by atoms with Crippen LogP contribution in [0.25, 0.3) is 0 Å². The molecule has 3 nitrogen and oxygen atoms in total. The number of nitrogens with two attached hydrogens (primary N) is 1. The first-order valence-electron chi connectivity index (χ1n) is 7.21. The lowest BCUT2D eigenvalue weighted by Crippen LogP contribution is -2.37. The maximum atomic E-state index is 13.6. The molecule has 1 saturated heterocycles. The van der Waals surface area contributed by atoms with Gasteiger partial charge in [-0.25, -0.2) is 8.78 Å². The van der Waals surface area contributed by atoms with Crippen molar-refractivity contribution < 1.29 is 13.5 Å². The van der Waals surface area contributed by atoms with E-state index in [4.69, 9.17) is 10.6 Å². The van der Waals surface area contributed by atoms with Crippen LogP contribution in [-0.4, -0.2) is 18.8 Å². The maximum Gasteiger partial charge on any atom is 0.162 e. The molecule has 0 bridgehead atoms. The molecular weight excluding hydrogens is 262 g/mol. The first-order chi connectivity index (χ1) is 9.70. The standard InChI is InChI=1S/C15H22F2N2O/c16-14-8-1-4-11(15(14)17)10-12(19-18)5-2-6-13-7-3-9-20-13/h1,4,8,12-13,19H,2-3,5-7,9-10,18H2. The van der Waals surface area contributed by atoms with E-state index in [9.17, 15) is 8.78 Å². The van der Waals surface area contributed by atoms with Crippen LogP contribution < -0.4 is 11.3 Å². The summed E-state index contributed by atoms with van der Waals surface area (Å²) in [6.07, 6.45) is 5.81. The number of halogens is 2. The Labute approximate surface area is 118 Å². The zero-order valence-electron chi connectivity index (χ0n) is 11.6. The normalized spacial score (nSPS) is 20.2. The predicted octanol–water partition coefficient (Wildman–Crippen LogP) is 2.69. The van der Waals surface area contributed by atoms with Gasteiger partial charge in [0.2, 0.25) is 0 Å². The number of rotatable bonds is 7. The van der Waals surface area contributed by atoms with Gasteiger partial charge in [-0.05, 0) is 50.2 Å². The van der Waals surface area contributed by atoms with Gasteiger partial charge in [-0.3, -0.25) is 11.3 Å². The molecule has 0 radical (unpaired) electrons. The predicted molar refractivity (Wildman–Crippen MR) is 74.0 cm³/mol. The molecule has 1 aliphatic rings. The second-order valence-electron chi connectivity index (χ2n) is 5.35. The van der Waals surface area contributed by atoms with E-state index in [1.165, 1.54) is 6.07 Å². The molecule has 112 valence electrons. The molecule has 2 atom stereocenters. The maximum absolute atomic E-state index is 13.6. The van der Waals surface area contributed by atoms with Gasteiger partial charge in [0.25, 0.3) is 0 Å². The molecule has 1 aliphatic heterocycles. The van der Waals surface area contributed by atoms with Gasteiger partial charge >= 0.3 is 0 Å². The molecular formula is C15H22F2N2O. The van der Waals surface area contributed by atoms with Crippen LogP contribution in [0, 0.1) is 11.6 Å². The van der Waals surface area contributed by atoms with E-state index in [2.05, 4.69) is 5.43 Å². The fraction of sp³-hybridized carbons (Fsp3) is 0.600. The van der Waals surface area contributed by atoms with Crippen LogP contribution in [0.1, 0.15) is 37.7 Å². The lowest BCUT2D eigenvalue weighted by molar-refractivity contribution is 0.101. The Hall–Kier alpha value is -1.04. The Morgan fingerprint density at radius 1 is 1.40 bits per heavy atom. The molecule has 0 amide bonds. The average molecular weight is 284 g/mol. The zero-order chi connectivity index (χ0) is 14.4. The summed E-state index contributed by atoms with van der Waals surface area (Å²) in [6, 6.07) is 4.20. The molecule has 0 aliphatic carbocycles. The van der Waals surface area contributed by atoms with Crippen molar-refractivity contribution in [1.82, 2.24) is 5.43 Å². The highest BCUT2D eigenvalue weighted by Crippen LogP contribution is 2.19. The molecule has 2 rings (SSSR count). The minimum Gasteiger partial charge on any atom is -0.378 e. The summed E-state index contributed by atoms with van der Waals surface area (Å²) in [6.45, 7) is 0.859. The van der Waals surface area contributed by atoms with E-state index < -0.39 is 11.6 Å². The molecule has 1 heterocycles. The summed E-state index contributed by atoms with van der Waals surface area (Å²) < 4.78 is 32.3. The van der Waals surface area contributed by atoms with Crippen molar-refractivity contribution in [3.05, 3.63) is 35.4 Å². The van der Waals surface area contributed by atoms with Crippen molar-refractivity contribution in [1.29, 1.82) is 0 Å². The summed E-state index contributed by atoms with van der Waals surface area (Å²) in [5.74, 6) is 3.93. The van der Waals surface area contributed by atoms with Crippen molar-refractivity contribution in [3.8, 4) is 0 Å². The first-order valence-corrected chi connectivity index (χ1v) is 7.21. The number of hydrogen-bond donors (Lipinski definition) is 2. The lowest BCUT2D eigenvalue weighted by Gasteiger charge is -2.17. The third-order valence-electron chi connectivity index (χ3n) is 3.84. The highest BCUT2D eigenvalue weighted by atomic mass is 19.2. The summed E-state index contributed by atoms with van der Waals surface area (Å²) in [5, 5.41) is 0. The molecule has 20 heavy (non-hydrogen) atoms. The number of hydrazine groups is 1. The van der Waals surface area contributed by atoms with Gasteiger partial charge in [-0.1, -0.05) is 12.1 Å². The molecule has 5 heteroatoms. The largest absolute Gasteiger partial charge is 0.378 e. The van der Waals surface area contributed by atoms with Crippen molar-refractivity contribution >= 4 is 0 Å². The van der Waals surface area contributed by atoms with Gasteiger partial charge in [0.05, 0.1) is 6.10 Å². The van der Waals surface area contributed by atoms with Gasteiger partial charge < -0.3 is 4.74 Å². The fourth-order valence-corrected chi connectivity index (χ4v) is 2.68. The van der Waals surface area contributed by atoms with Gasteiger partial charge in [-0.2, -0.15) is 0 Å². The second-order valence-corrected chi connectivity index (χ2v) is 5.35. The van der Waals surface area contributed by atoms with Gasteiger partial charge in [0, 0.05) is 12.6 Å². The van der Waals surface area contributed by atoms with Crippen molar-refractivity contribution in [2.24, 2.45) is 5.84 Å². The monoisotopic (exact) mass is 284 g/mol. The van der Waals surface area contributed by atoms with Gasteiger partial charge in [-0.15, -0.1) is 0 Å². The van der Waals surface area contributed by atoms with E-state index in [-0.39, 0.29) is 6.04 Å². The first kappa shape index (κ1) is 15.4. The Bertz CT molecular complexity index is 422. The molecule has 0 saturated carbocycles. The molecule has 1 fully saturated rings. The van der Waals surface area contributed by atoms with Crippen molar-refractivity contribution in [2.75, 3.05) is 6.61 Å². The topological polar surface area (TPSA) is 47.3 Å². The van der Waals surface area contributed by atoms with Crippen molar-refractivity contribution in [2.45, 2.75) is 50.7 Å². The van der Waals surface area contributed by atoms with Crippen LogP contribution in [-0.2, 0) is 11.2 Å². The van der Waals surface area contributed by atoms with E-state index in [1.54, 1.807) is 6.07 Å². The highest BCUT2D eigenvalue weighted by Gasteiger charge is 2.17. The highest BCUT2D eigenvalue weighted by molar-refractivity contribution is 5.19. The zero-order valence-corrected chi connectivity index (χ0v) is 11.6. The van der Waals surface area contributed by atoms with Crippen LogP contribution in [0.15, 0.2) is 18.2 Å². The summed E-state index contributed by atoms with van der Waals surface area (Å²) in [7, 11) is 0. The SMILES string of the molecule is NNC(CCCC1CCCO1)Cc1cccc(F)c1F. The smallest absolute Gasteiger partial charge is 0.162 e. The van der Waals surface area contributed by atoms with Crippen LogP contribution >= 0.6 is 0 Å². The van der Waals surface area contributed by atoms with E-state index >= 15 is 0 Å². The molecule has 2 unspecified atom stereocenters. The molecule has 1 aromatic rings. The molecule has 0 aromatic heterocycles. The lowest BCUT2D eigenvalue weighted by atomic mass is 9.99. The van der Waals surface area contributed by atoms with E-state index in [1.807, 2.05) is 0 Å². The Morgan fingerprint density at radius 2 is 2.25 bits per heavy atom. The van der Waals surface area contributed by atoms with Crippen molar-refractivity contribution in [3.63, 3.8) is 0 Å². The molecule has 1 aromatic carbocycles. The number of benzene rings is 1. The fourth-order valence-electron chi connectivity index (χ4n) is 2.68. The minimum atomic E-state index is -0.808. The quantitative estimate of drug-likeness (QED) is 0.598. The van der Waals surface area contributed by atoms with Gasteiger partial charge in [0.15, 0.2) is 11.6 Å². The summed E-state index contributed by atoms with van der Waals surface area (Å²) >= 11 is 0. The van der Waals surface area contributed by atoms with Gasteiger partial charge in [0.1, 0.15) is 0 Å². The van der Waals surface area contributed by atoms with Crippen LogP contribution in [0.5, 0.6) is 0 Å². The second kappa shape index (κ2) is 7.67. The van der Waals surface area contributed by atoms with E-state index in [0.29, 0.717) is 18.1 Å². The Kier molecular flexibility index (Phi) is 5.88. The Balaban J connectivity index is 1.80. The van der Waals surface area contributed by atoms with Crippen LogP contribution in [0.3, 0.4) is 0 Å². The average Bonchev–Trinajstić information content (AvgIpc) is 2.95. The van der Waals surface area contributed by atoms with E-state index in [0.717, 1.165) is 44.8 Å². The van der Waals surface area contributed by atoms with Crippen LogP contribution in [0.4, 0.5) is 8.78 Å². The Morgan fingerprint density at radius 3 is 2.95 bits per heavy atom. The third kappa shape index (κ3) is 4.23. The third-order valence-corrected chi connectivity index (χ3v) is 3.84. The van der Waals surface area contributed by atoms with Crippen LogP contribution in [0.2, 0.25) is 0 Å². The number of nitrogens with one attached hydrogen (secondary N) is 1. The minimum absolute atomic E-state index is 0.0484. The molecule has 0 spiro atoms. The number of ether oxygens (including phenoxy) is 1. The summed E-state index contributed by atoms with van der Waals surface area (Å²) in [4.78, 5) is 0.